The van der Waals surface area contributed by atoms with Crippen LogP contribution in [0.4, 0.5) is 4.79 Å². The van der Waals surface area contributed by atoms with Gasteiger partial charge < -0.3 is 20.0 Å². The average molecular weight is 286 g/mol. The highest BCUT2D eigenvalue weighted by Gasteiger charge is 2.45. The zero-order valence-electron chi connectivity index (χ0n) is 12.5. The van der Waals surface area contributed by atoms with Gasteiger partial charge in [-0.05, 0) is 32.6 Å². The van der Waals surface area contributed by atoms with Crippen molar-refractivity contribution in [3.8, 4) is 0 Å². The van der Waals surface area contributed by atoms with Gasteiger partial charge in [-0.1, -0.05) is 13.3 Å². The number of urea groups is 1. The fourth-order valence-corrected chi connectivity index (χ4v) is 2.59. The van der Waals surface area contributed by atoms with Crippen LogP contribution in [0.15, 0.2) is 0 Å². The van der Waals surface area contributed by atoms with E-state index < -0.39 is 11.5 Å². The lowest BCUT2D eigenvalue weighted by Crippen LogP contribution is -2.61. The van der Waals surface area contributed by atoms with Gasteiger partial charge in [-0.2, -0.15) is 0 Å². The molecule has 0 bridgehead atoms. The number of hydrogen-bond donors (Lipinski definition) is 2. The van der Waals surface area contributed by atoms with Crippen LogP contribution in [-0.2, 0) is 4.79 Å². The number of aliphatic carboxylic acids is 1. The van der Waals surface area contributed by atoms with Crippen LogP contribution in [0.2, 0.25) is 0 Å². The summed E-state index contributed by atoms with van der Waals surface area (Å²) in [7, 11) is 0. The van der Waals surface area contributed by atoms with E-state index in [4.69, 9.17) is 5.11 Å². The lowest BCUT2D eigenvalue weighted by atomic mass is 9.89. The molecule has 1 rings (SSSR count). The van der Waals surface area contributed by atoms with Crippen molar-refractivity contribution in [1.29, 1.82) is 0 Å². The SMILES string of the molecule is CCCCN(CCO)C(=O)N1CCCCC1(C)C(=O)O. The van der Waals surface area contributed by atoms with Crippen molar-refractivity contribution in [3.63, 3.8) is 0 Å². The Bertz CT molecular complexity index is 348. The van der Waals surface area contributed by atoms with E-state index in [0.29, 0.717) is 19.5 Å². The molecule has 0 saturated carbocycles. The van der Waals surface area contributed by atoms with E-state index >= 15 is 0 Å². The number of nitrogens with zero attached hydrogens (tertiary/aromatic N) is 2. The van der Waals surface area contributed by atoms with Gasteiger partial charge in [0.1, 0.15) is 5.54 Å². The van der Waals surface area contributed by atoms with Gasteiger partial charge in [0, 0.05) is 19.6 Å². The Balaban J connectivity index is 2.86. The normalized spacial score (nSPS) is 22.6. The maximum Gasteiger partial charge on any atom is 0.329 e. The van der Waals surface area contributed by atoms with E-state index in [1.165, 1.54) is 4.90 Å². The summed E-state index contributed by atoms with van der Waals surface area (Å²) in [5.41, 5.74) is -1.13. The van der Waals surface area contributed by atoms with Gasteiger partial charge in [-0.25, -0.2) is 9.59 Å². The van der Waals surface area contributed by atoms with Crippen LogP contribution in [0.3, 0.4) is 0 Å². The number of rotatable bonds is 6. The van der Waals surface area contributed by atoms with Crippen molar-refractivity contribution in [2.45, 2.75) is 51.5 Å². The lowest BCUT2D eigenvalue weighted by Gasteiger charge is -2.43. The number of piperidine rings is 1. The van der Waals surface area contributed by atoms with Crippen molar-refractivity contribution in [2.24, 2.45) is 0 Å². The van der Waals surface area contributed by atoms with Gasteiger partial charge in [0.2, 0.25) is 0 Å². The van der Waals surface area contributed by atoms with E-state index in [1.807, 2.05) is 6.92 Å². The molecule has 0 radical (unpaired) electrons. The van der Waals surface area contributed by atoms with E-state index in [-0.39, 0.29) is 19.2 Å². The molecule has 1 atom stereocenters. The molecule has 0 aromatic carbocycles. The number of carbonyl (C=O) groups is 2. The predicted octanol–water partition coefficient (Wildman–Crippen LogP) is 1.53. The van der Waals surface area contributed by atoms with Crippen molar-refractivity contribution in [3.05, 3.63) is 0 Å². The van der Waals surface area contributed by atoms with Crippen LogP contribution >= 0.6 is 0 Å². The third-order valence-electron chi connectivity index (χ3n) is 4.00. The Kier molecular flexibility index (Phi) is 6.26. The Hall–Kier alpha value is -1.30. The van der Waals surface area contributed by atoms with Gasteiger partial charge >= 0.3 is 12.0 Å². The predicted molar refractivity (Wildman–Crippen MR) is 75.6 cm³/mol. The summed E-state index contributed by atoms with van der Waals surface area (Å²) in [6.45, 7) is 4.82. The number of aliphatic hydroxyl groups excluding tert-OH is 1. The number of amides is 2. The summed E-state index contributed by atoms with van der Waals surface area (Å²) in [6, 6.07) is -0.267. The van der Waals surface area contributed by atoms with Crippen LogP contribution in [-0.4, -0.2) is 63.8 Å². The molecule has 1 unspecified atom stereocenters. The largest absolute Gasteiger partial charge is 0.480 e. The van der Waals surface area contributed by atoms with Crippen LogP contribution in [0, 0.1) is 0 Å². The van der Waals surface area contributed by atoms with Gasteiger partial charge in [0.25, 0.3) is 0 Å². The number of carbonyl (C=O) groups excluding carboxylic acids is 1. The molecule has 1 aliphatic heterocycles. The molecule has 1 aliphatic rings. The van der Waals surface area contributed by atoms with E-state index in [1.54, 1.807) is 11.8 Å². The van der Waals surface area contributed by atoms with E-state index in [2.05, 4.69) is 0 Å². The zero-order valence-corrected chi connectivity index (χ0v) is 12.5. The fraction of sp³-hybridized carbons (Fsp3) is 0.857. The highest BCUT2D eigenvalue weighted by atomic mass is 16.4. The molecule has 0 spiro atoms. The molecular formula is C14H26N2O4. The summed E-state index contributed by atoms with van der Waals surface area (Å²) in [5, 5.41) is 18.5. The molecule has 2 amide bonds. The van der Waals surface area contributed by atoms with Gasteiger partial charge in [0.05, 0.1) is 6.61 Å². The molecule has 2 N–H and O–H groups in total. The first-order chi connectivity index (χ1) is 9.47. The number of carboxylic acids is 1. The summed E-state index contributed by atoms with van der Waals surface area (Å²) in [4.78, 5) is 27.1. The first-order valence-corrected chi connectivity index (χ1v) is 7.38. The molecule has 1 saturated heterocycles. The number of carboxylic acid groups (broad SMARTS) is 1. The van der Waals surface area contributed by atoms with Crippen LogP contribution in [0.25, 0.3) is 0 Å². The second-order valence-electron chi connectivity index (χ2n) is 5.53. The lowest BCUT2D eigenvalue weighted by molar-refractivity contribution is -0.150. The molecule has 116 valence electrons. The molecule has 6 nitrogen and oxygen atoms in total. The van der Waals surface area contributed by atoms with E-state index in [9.17, 15) is 14.7 Å². The molecule has 20 heavy (non-hydrogen) atoms. The van der Waals surface area contributed by atoms with Gasteiger partial charge in [-0.15, -0.1) is 0 Å². The zero-order chi connectivity index (χ0) is 15.2. The highest BCUT2D eigenvalue weighted by Crippen LogP contribution is 2.29. The highest BCUT2D eigenvalue weighted by molar-refractivity contribution is 5.86. The summed E-state index contributed by atoms with van der Waals surface area (Å²) < 4.78 is 0. The third kappa shape index (κ3) is 3.62. The molecule has 1 fully saturated rings. The van der Waals surface area contributed by atoms with E-state index in [0.717, 1.165) is 25.7 Å². The third-order valence-corrected chi connectivity index (χ3v) is 4.00. The number of likely N-dealkylation sites (tertiary alicyclic amines) is 1. The molecule has 1 heterocycles. The van der Waals surface area contributed by atoms with Crippen molar-refractivity contribution in [1.82, 2.24) is 9.80 Å². The van der Waals surface area contributed by atoms with Crippen molar-refractivity contribution in [2.75, 3.05) is 26.2 Å². The molecule has 0 aromatic heterocycles. The second kappa shape index (κ2) is 7.47. The minimum Gasteiger partial charge on any atom is -0.480 e. The minimum atomic E-state index is -1.13. The Morgan fingerprint density at radius 3 is 2.55 bits per heavy atom. The summed E-state index contributed by atoms with van der Waals surface area (Å²) >= 11 is 0. The first-order valence-electron chi connectivity index (χ1n) is 7.38. The van der Waals surface area contributed by atoms with Crippen LogP contribution in [0.1, 0.15) is 46.0 Å². The molecular weight excluding hydrogens is 260 g/mol. The second-order valence-corrected chi connectivity index (χ2v) is 5.53. The van der Waals surface area contributed by atoms with Gasteiger partial charge in [0.15, 0.2) is 0 Å². The smallest absolute Gasteiger partial charge is 0.329 e. The topological polar surface area (TPSA) is 81.1 Å². The first kappa shape index (κ1) is 16.8. The Morgan fingerprint density at radius 2 is 2.00 bits per heavy atom. The average Bonchev–Trinajstić information content (AvgIpc) is 2.43. The monoisotopic (exact) mass is 286 g/mol. The van der Waals surface area contributed by atoms with Gasteiger partial charge in [-0.3, -0.25) is 0 Å². The van der Waals surface area contributed by atoms with Crippen molar-refractivity contribution < 1.29 is 19.8 Å². The summed E-state index contributed by atoms with van der Waals surface area (Å²) in [5.74, 6) is -0.954. The standard InChI is InChI=1S/C14H26N2O4/c1-3-4-8-15(10-11-17)13(20)16-9-6-5-7-14(16,2)12(18)19/h17H,3-11H2,1-2H3,(H,18,19). The molecule has 0 aliphatic carbocycles. The fourth-order valence-electron chi connectivity index (χ4n) is 2.59. The Labute approximate surface area is 120 Å². The Morgan fingerprint density at radius 1 is 1.30 bits per heavy atom. The van der Waals surface area contributed by atoms with Crippen LogP contribution < -0.4 is 0 Å². The number of unbranched alkanes of at least 4 members (excludes halogenated alkanes) is 1. The maximum atomic E-state index is 12.6. The molecule has 0 aromatic rings. The number of aliphatic hydroxyl groups is 1. The van der Waals surface area contributed by atoms with Crippen molar-refractivity contribution >= 4 is 12.0 Å². The minimum absolute atomic E-state index is 0.104. The summed E-state index contributed by atoms with van der Waals surface area (Å²) in [6.07, 6.45) is 3.93. The van der Waals surface area contributed by atoms with Crippen LogP contribution in [0.5, 0.6) is 0 Å². The number of hydrogen-bond acceptors (Lipinski definition) is 3. The molecule has 6 heteroatoms. The quantitative estimate of drug-likeness (QED) is 0.776. The maximum absolute atomic E-state index is 12.6.